The van der Waals surface area contributed by atoms with Crippen molar-refractivity contribution < 1.29 is 18.6 Å². The highest BCUT2D eigenvalue weighted by atomic mass is 35.5. The molecule has 1 fully saturated rings. The van der Waals surface area contributed by atoms with Crippen molar-refractivity contribution in [2.45, 2.75) is 18.3 Å². The first-order valence-electron chi connectivity index (χ1n) is 5.22. The molecule has 1 aromatic rings. The second-order valence-electron chi connectivity index (χ2n) is 4.15. The zero-order valence-corrected chi connectivity index (χ0v) is 9.75. The van der Waals surface area contributed by atoms with Gasteiger partial charge in [-0.1, -0.05) is 11.6 Å². The Morgan fingerprint density at radius 3 is 2.82 bits per heavy atom. The molecule has 0 spiro atoms. The van der Waals surface area contributed by atoms with Gasteiger partial charge < -0.3 is 9.84 Å². The molecule has 0 aliphatic carbocycles. The quantitative estimate of drug-likeness (QED) is 0.851. The molecule has 3 nitrogen and oxygen atoms in total. The standard InChI is InChI=1S/C11H12ClF2NO2/c12-9-4-7(10(13)14)3-8(15-9)11(5-16)1-2-17-6-11/h3-4,10,16H,1-2,5-6H2/t11-/m0/s1. The van der Waals surface area contributed by atoms with Crippen LogP contribution in [0.3, 0.4) is 0 Å². The SMILES string of the molecule is OC[C@@]1(c2cc(C(F)F)cc(Cl)n2)CCOC1. The highest BCUT2D eigenvalue weighted by molar-refractivity contribution is 6.29. The molecule has 1 saturated heterocycles. The lowest BCUT2D eigenvalue weighted by molar-refractivity contribution is 0.136. The third-order valence-corrected chi connectivity index (χ3v) is 3.21. The normalized spacial score (nSPS) is 24.5. The lowest BCUT2D eigenvalue weighted by Crippen LogP contribution is -2.32. The van der Waals surface area contributed by atoms with Gasteiger partial charge in [-0.15, -0.1) is 0 Å². The van der Waals surface area contributed by atoms with Gasteiger partial charge >= 0.3 is 0 Å². The van der Waals surface area contributed by atoms with Gasteiger partial charge in [-0.25, -0.2) is 13.8 Å². The molecule has 1 aromatic heterocycles. The van der Waals surface area contributed by atoms with Crippen LogP contribution in [0.5, 0.6) is 0 Å². The van der Waals surface area contributed by atoms with Gasteiger partial charge in [0.05, 0.1) is 24.3 Å². The van der Waals surface area contributed by atoms with Crippen LogP contribution in [0, 0.1) is 0 Å². The fourth-order valence-corrected chi connectivity index (χ4v) is 2.15. The van der Waals surface area contributed by atoms with E-state index in [0.29, 0.717) is 18.7 Å². The van der Waals surface area contributed by atoms with E-state index in [1.807, 2.05) is 0 Å². The maximum Gasteiger partial charge on any atom is 0.264 e. The van der Waals surface area contributed by atoms with E-state index >= 15 is 0 Å². The third kappa shape index (κ3) is 2.41. The van der Waals surface area contributed by atoms with Crippen LogP contribution in [-0.4, -0.2) is 29.9 Å². The third-order valence-electron chi connectivity index (χ3n) is 3.02. The van der Waals surface area contributed by atoms with Crippen LogP contribution < -0.4 is 0 Å². The van der Waals surface area contributed by atoms with Crippen molar-refractivity contribution >= 4 is 11.6 Å². The first kappa shape index (κ1) is 12.7. The van der Waals surface area contributed by atoms with E-state index in [0.717, 1.165) is 6.07 Å². The molecule has 2 heterocycles. The van der Waals surface area contributed by atoms with Gasteiger partial charge in [0.15, 0.2) is 0 Å². The molecule has 94 valence electrons. The summed E-state index contributed by atoms with van der Waals surface area (Å²) in [4.78, 5) is 4.03. The van der Waals surface area contributed by atoms with E-state index < -0.39 is 11.8 Å². The molecule has 0 aromatic carbocycles. The van der Waals surface area contributed by atoms with E-state index in [1.165, 1.54) is 6.07 Å². The molecule has 2 rings (SSSR count). The van der Waals surface area contributed by atoms with Gasteiger partial charge in [0, 0.05) is 12.2 Å². The largest absolute Gasteiger partial charge is 0.395 e. The smallest absolute Gasteiger partial charge is 0.264 e. The molecule has 6 heteroatoms. The number of aromatic nitrogens is 1. The van der Waals surface area contributed by atoms with E-state index in [-0.39, 0.29) is 23.9 Å². The van der Waals surface area contributed by atoms with Crippen LogP contribution in [0.1, 0.15) is 24.1 Å². The Bertz CT molecular complexity index is 408. The minimum Gasteiger partial charge on any atom is -0.395 e. The maximum atomic E-state index is 12.7. The number of alkyl halides is 2. The van der Waals surface area contributed by atoms with E-state index in [1.54, 1.807) is 0 Å². The molecule has 0 saturated carbocycles. The Labute approximate surface area is 102 Å². The summed E-state index contributed by atoms with van der Waals surface area (Å²) in [5.41, 5.74) is -0.505. The molecule has 0 unspecified atom stereocenters. The van der Waals surface area contributed by atoms with Crippen molar-refractivity contribution in [1.29, 1.82) is 0 Å². The minimum absolute atomic E-state index is 0.0116. The Hall–Kier alpha value is -0.780. The molecule has 1 aliphatic rings. The van der Waals surface area contributed by atoms with Crippen molar-refractivity contribution in [3.05, 3.63) is 28.5 Å². The summed E-state index contributed by atoms with van der Waals surface area (Å²) in [7, 11) is 0. The summed E-state index contributed by atoms with van der Waals surface area (Å²) in [5.74, 6) is 0. The molecule has 1 aliphatic heterocycles. The minimum atomic E-state index is -2.60. The molecular formula is C11H12ClF2NO2. The number of pyridine rings is 1. The predicted octanol–water partition coefficient (Wildman–Crippen LogP) is 2.32. The van der Waals surface area contributed by atoms with Gasteiger partial charge in [0.1, 0.15) is 5.15 Å². The van der Waals surface area contributed by atoms with Crippen LogP contribution in [0.15, 0.2) is 12.1 Å². The zero-order valence-electron chi connectivity index (χ0n) is 9.00. The fourth-order valence-electron chi connectivity index (χ4n) is 1.93. The number of aliphatic hydroxyl groups excluding tert-OH is 1. The van der Waals surface area contributed by atoms with Gasteiger partial charge in [-0.3, -0.25) is 0 Å². The first-order valence-corrected chi connectivity index (χ1v) is 5.60. The molecule has 0 amide bonds. The van der Waals surface area contributed by atoms with Crippen LogP contribution >= 0.6 is 11.6 Å². The lowest BCUT2D eigenvalue weighted by Gasteiger charge is -2.24. The van der Waals surface area contributed by atoms with Crippen molar-refractivity contribution in [1.82, 2.24) is 4.98 Å². The van der Waals surface area contributed by atoms with Crippen molar-refractivity contribution in [3.8, 4) is 0 Å². The summed E-state index contributed by atoms with van der Waals surface area (Å²) in [6.45, 7) is 0.571. The van der Waals surface area contributed by atoms with Gasteiger partial charge in [0.2, 0.25) is 0 Å². The summed E-state index contributed by atoms with van der Waals surface area (Å²) < 4.78 is 30.5. The Morgan fingerprint density at radius 1 is 1.53 bits per heavy atom. The number of hydrogen-bond acceptors (Lipinski definition) is 3. The molecular weight excluding hydrogens is 252 g/mol. The maximum absolute atomic E-state index is 12.7. The second kappa shape index (κ2) is 4.84. The highest BCUT2D eigenvalue weighted by Gasteiger charge is 2.38. The summed E-state index contributed by atoms with van der Waals surface area (Å²) in [5, 5.41) is 9.45. The Kier molecular flexibility index (Phi) is 3.61. The number of hydrogen-bond donors (Lipinski definition) is 1. The number of aliphatic hydroxyl groups is 1. The van der Waals surface area contributed by atoms with Gasteiger partial charge in [0.25, 0.3) is 6.43 Å². The predicted molar refractivity (Wildman–Crippen MR) is 58.4 cm³/mol. The average Bonchev–Trinajstić information content (AvgIpc) is 2.78. The molecule has 0 radical (unpaired) electrons. The van der Waals surface area contributed by atoms with E-state index in [4.69, 9.17) is 16.3 Å². The Balaban J connectivity index is 2.43. The van der Waals surface area contributed by atoms with Crippen molar-refractivity contribution in [3.63, 3.8) is 0 Å². The summed E-state index contributed by atoms with van der Waals surface area (Å²) in [6.07, 6.45) is -2.05. The van der Waals surface area contributed by atoms with Crippen molar-refractivity contribution in [2.24, 2.45) is 0 Å². The molecule has 17 heavy (non-hydrogen) atoms. The zero-order chi connectivity index (χ0) is 12.5. The van der Waals surface area contributed by atoms with Crippen LogP contribution in [0.4, 0.5) is 8.78 Å². The number of ether oxygens (including phenoxy) is 1. The number of rotatable bonds is 3. The first-order chi connectivity index (χ1) is 8.07. The highest BCUT2D eigenvalue weighted by Crippen LogP contribution is 2.34. The number of halogens is 3. The van der Waals surface area contributed by atoms with Gasteiger partial charge in [-0.2, -0.15) is 0 Å². The Morgan fingerprint density at radius 2 is 2.29 bits per heavy atom. The number of nitrogens with zero attached hydrogens (tertiary/aromatic N) is 1. The summed E-state index contributed by atoms with van der Waals surface area (Å²) >= 11 is 5.72. The van der Waals surface area contributed by atoms with E-state index in [2.05, 4.69) is 4.98 Å². The van der Waals surface area contributed by atoms with Crippen LogP contribution in [0.2, 0.25) is 5.15 Å². The average molecular weight is 264 g/mol. The van der Waals surface area contributed by atoms with Gasteiger partial charge in [-0.05, 0) is 18.6 Å². The van der Waals surface area contributed by atoms with Crippen LogP contribution in [0.25, 0.3) is 0 Å². The summed E-state index contributed by atoms with van der Waals surface area (Å²) in [6, 6.07) is 2.43. The lowest BCUT2D eigenvalue weighted by atomic mass is 9.84. The van der Waals surface area contributed by atoms with E-state index in [9.17, 15) is 13.9 Å². The molecule has 1 atom stereocenters. The monoisotopic (exact) mass is 263 g/mol. The molecule has 0 bridgehead atoms. The topological polar surface area (TPSA) is 42.4 Å². The fraction of sp³-hybridized carbons (Fsp3) is 0.545. The second-order valence-corrected chi connectivity index (χ2v) is 4.54. The molecule has 1 N–H and O–H groups in total. The van der Waals surface area contributed by atoms with Crippen LogP contribution in [-0.2, 0) is 10.2 Å². The van der Waals surface area contributed by atoms with Crippen molar-refractivity contribution in [2.75, 3.05) is 19.8 Å².